The summed E-state index contributed by atoms with van der Waals surface area (Å²) in [7, 11) is 4.09. The molecule has 2 unspecified atom stereocenters. The summed E-state index contributed by atoms with van der Waals surface area (Å²) in [5.74, 6) is 0.669. The fourth-order valence-electron chi connectivity index (χ4n) is 3.68. The van der Waals surface area contributed by atoms with Crippen molar-refractivity contribution in [1.29, 1.82) is 0 Å². The van der Waals surface area contributed by atoms with Gasteiger partial charge in [-0.3, -0.25) is 0 Å². The number of nitrogens with zero attached hydrogens (tertiary/aromatic N) is 1. The molecule has 0 spiro atoms. The topological polar surface area (TPSA) is 44.7 Å². The van der Waals surface area contributed by atoms with Gasteiger partial charge in [0, 0.05) is 31.2 Å². The molecule has 4 nitrogen and oxygen atoms in total. The zero-order valence-corrected chi connectivity index (χ0v) is 14.0. The monoisotopic (exact) mass is 292 g/mol. The molecular weight excluding hydrogens is 264 g/mol. The Labute approximate surface area is 128 Å². The fraction of sp³-hybridized carbons (Fsp3) is 0.647. The van der Waals surface area contributed by atoms with E-state index in [2.05, 4.69) is 45.0 Å². The molecule has 4 heteroatoms. The first-order valence-electron chi connectivity index (χ1n) is 7.55. The Balaban J connectivity index is 2.18. The molecule has 1 aromatic rings. The van der Waals surface area contributed by atoms with Gasteiger partial charge in [0.15, 0.2) is 0 Å². The lowest BCUT2D eigenvalue weighted by molar-refractivity contribution is -0.0768. The van der Waals surface area contributed by atoms with E-state index in [0.29, 0.717) is 17.7 Å². The number of hydrogen-bond donors (Lipinski definition) is 2. The van der Waals surface area contributed by atoms with E-state index in [4.69, 9.17) is 4.74 Å². The first kappa shape index (κ1) is 16.1. The lowest BCUT2D eigenvalue weighted by Crippen LogP contribution is -2.49. The average molecular weight is 292 g/mol. The van der Waals surface area contributed by atoms with Crippen molar-refractivity contribution in [3.8, 4) is 5.75 Å². The van der Waals surface area contributed by atoms with Crippen LogP contribution in [-0.4, -0.2) is 43.0 Å². The molecule has 1 fully saturated rings. The highest BCUT2D eigenvalue weighted by molar-refractivity contribution is 5.48. The molecule has 0 radical (unpaired) electrons. The third-order valence-corrected chi connectivity index (χ3v) is 4.64. The SMILES string of the molecule is CNC1C(CN(C)c2ccc(O)cc2)C(C)(C)OC1(C)C. The van der Waals surface area contributed by atoms with Crippen LogP contribution in [-0.2, 0) is 4.74 Å². The number of nitrogens with one attached hydrogen (secondary N) is 1. The van der Waals surface area contributed by atoms with Crippen LogP contribution in [0.25, 0.3) is 0 Å². The quantitative estimate of drug-likeness (QED) is 0.895. The van der Waals surface area contributed by atoms with Gasteiger partial charge in [0.2, 0.25) is 0 Å². The highest BCUT2D eigenvalue weighted by atomic mass is 16.5. The molecule has 0 aliphatic carbocycles. The molecule has 1 aliphatic heterocycles. The predicted molar refractivity (Wildman–Crippen MR) is 87.0 cm³/mol. The second-order valence-corrected chi connectivity index (χ2v) is 7.08. The number of benzene rings is 1. The summed E-state index contributed by atoms with van der Waals surface area (Å²) in [5, 5.41) is 12.8. The van der Waals surface area contributed by atoms with E-state index in [0.717, 1.165) is 12.2 Å². The second-order valence-electron chi connectivity index (χ2n) is 7.08. The Morgan fingerprint density at radius 2 is 1.71 bits per heavy atom. The maximum absolute atomic E-state index is 9.41. The van der Waals surface area contributed by atoms with Gasteiger partial charge < -0.3 is 20.1 Å². The second kappa shape index (κ2) is 5.50. The van der Waals surface area contributed by atoms with Gasteiger partial charge in [-0.15, -0.1) is 0 Å². The van der Waals surface area contributed by atoms with Gasteiger partial charge in [-0.05, 0) is 59.0 Å². The molecule has 0 amide bonds. The van der Waals surface area contributed by atoms with E-state index < -0.39 is 0 Å². The Morgan fingerprint density at radius 3 is 2.24 bits per heavy atom. The van der Waals surface area contributed by atoms with Gasteiger partial charge in [-0.2, -0.15) is 0 Å². The number of phenols is 1. The number of rotatable bonds is 4. The maximum Gasteiger partial charge on any atom is 0.115 e. The summed E-state index contributed by atoms with van der Waals surface area (Å²) in [5.41, 5.74) is 0.740. The molecular formula is C17H28N2O2. The number of ether oxygens (including phenoxy) is 1. The zero-order valence-electron chi connectivity index (χ0n) is 14.0. The molecule has 1 heterocycles. The van der Waals surface area contributed by atoms with Crippen molar-refractivity contribution in [2.24, 2.45) is 5.92 Å². The minimum absolute atomic E-state index is 0.178. The Kier molecular flexibility index (Phi) is 4.22. The van der Waals surface area contributed by atoms with Gasteiger partial charge in [0.1, 0.15) is 5.75 Å². The van der Waals surface area contributed by atoms with E-state index in [1.807, 2.05) is 19.2 Å². The largest absolute Gasteiger partial charge is 0.508 e. The Bertz CT molecular complexity index is 482. The van der Waals surface area contributed by atoms with Gasteiger partial charge in [-0.1, -0.05) is 0 Å². The maximum atomic E-state index is 9.41. The fourth-order valence-corrected chi connectivity index (χ4v) is 3.68. The zero-order chi connectivity index (χ0) is 15.8. The molecule has 118 valence electrons. The van der Waals surface area contributed by atoms with Crippen molar-refractivity contribution in [1.82, 2.24) is 5.32 Å². The number of hydrogen-bond acceptors (Lipinski definition) is 4. The van der Waals surface area contributed by atoms with Gasteiger partial charge in [-0.25, -0.2) is 0 Å². The highest BCUT2D eigenvalue weighted by Crippen LogP contribution is 2.42. The van der Waals surface area contributed by atoms with Crippen LogP contribution in [0.3, 0.4) is 0 Å². The van der Waals surface area contributed by atoms with Crippen molar-refractivity contribution in [2.45, 2.75) is 44.9 Å². The minimum Gasteiger partial charge on any atom is -0.508 e. The summed E-state index contributed by atoms with van der Waals surface area (Å²) in [4.78, 5) is 2.22. The van der Waals surface area contributed by atoms with Crippen LogP contribution in [0.2, 0.25) is 0 Å². The summed E-state index contributed by atoms with van der Waals surface area (Å²) in [6, 6.07) is 7.63. The number of anilines is 1. The molecule has 2 N–H and O–H groups in total. The molecule has 2 atom stereocenters. The summed E-state index contributed by atoms with van der Waals surface area (Å²) in [6.07, 6.45) is 0. The first-order valence-corrected chi connectivity index (χ1v) is 7.55. The molecule has 2 rings (SSSR count). The van der Waals surface area contributed by atoms with Crippen molar-refractivity contribution in [3.05, 3.63) is 24.3 Å². The molecule has 0 saturated carbocycles. The van der Waals surface area contributed by atoms with Crippen molar-refractivity contribution >= 4 is 5.69 Å². The van der Waals surface area contributed by atoms with E-state index in [9.17, 15) is 5.11 Å². The average Bonchev–Trinajstić information content (AvgIpc) is 2.54. The minimum atomic E-state index is -0.182. The molecule has 1 saturated heterocycles. The lowest BCUT2D eigenvalue weighted by atomic mass is 9.82. The van der Waals surface area contributed by atoms with Gasteiger partial charge in [0.25, 0.3) is 0 Å². The predicted octanol–water partition coefficient (Wildman–Crippen LogP) is 2.62. The number of aromatic hydroxyl groups is 1. The van der Waals surface area contributed by atoms with Crippen LogP contribution >= 0.6 is 0 Å². The van der Waals surface area contributed by atoms with Crippen LogP contribution in [0.1, 0.15) is 27.7 Å². The normalized spacial score (nSPS) is 26.8. The van der Waals surface area contributed by atoms with E-state index >= 15 is 0 Å². The molecule has 1 aliphatic rings. The van der Waals surface area contributed by atoms with Crippen LogP contribution in [0.15, 0.2) is 24.3 Å². The van der Waals surface area contributed by atoms with Gasteiger partial charge in [0.05, 0.1) is 11.2 Å². The number of likely N-dealkylation sites (N-methyl/N-ethyl adjacent to an activating group) is 1. The first-order chi connectivity index (χ1) is 9.67. The summed E-state index contributed by atoms with van der Waals surface area (Å²) < 4.78 is 6.28. The molecule has 0 aromatic heterocycles. The van der Waals surface area contributed by atoms with Crippen LogP contribution in [0.4, 0.5) is 5.69 Å². The van der Waals surface area contributed by atoms with Crippen LogP contribution in [0, 0.1) is 5.92 Å². The Hall–Kier alpha value is -1.26. The summed E-state index contributed by atoms with van der Waals surface area (Å²) >= 11 is 0. The van der Waals surface area contributed by atoms with E-state index in [1.165, 1.54) is 0 Å². The number of phenolic OH excluding ortho intramolecular Hbond substituents is 1. The molecule has 1 aromatic carbocycles. The van der Waals surface area contributed by atoms with Crippen LogP contribution in [0.5, 0.6) is 5.75 Å². The highest BCUT2D eigenvalue weighted by Gasteiger charge is 2.53. The third-order valence-electron chi connectivity index (χ3n) is 4.64. The van der Waals surface area contributed by atoms with Crippen molar-refractivity contribution < 1.29 is 9.84 Å². The standard InChI is InChI=1S/C17H28N2O2/c1-16(2)14(15(18-5)17(3,4)21-16)11-19(6)12-7-9-13(20)10-8-12/h7-10,14-15,18,20H,11H2,1-6H3. The van der Waals surface area contributed by atoms with Gasteiger partial charge >= 0.3 is 0 Å². The lowest BCUT2D eigenvalue weighted by Gasteiger charge is -2.33. The smallest absolute Gasteiger partial charge is 0.115 e. The molecule has 0 bridgehead atoms. The van der Waals surface area contributed by atoms with Crippen LogP contribution < -0.4 is 10.2 Å². The van der Waals surface area contributed by atoms with Crippen molar-refractivity contribution in [3.63, 3.8) is 0 Å². The van der Waals surface area contributed by atoms with E-state index in [-0.39, 0.29) is 11.2 Å². The molecule has 21 heavy (non-hydrogen) atoms. The summed E-state index contributed by atoms with van der Waals surface area (Å²) in [6.45, 7) is 9.53. The van der Waals surface area contributed by atoms with E-state index in [1.54, 1.807) is 12.1 Å². The third kappa shape index (κ3) is 3.16. The van der Waals surface area contributed by atoms with Crippen molar-refractivity contribution in [2.75, 3.05) is 25.5 Å². The Morgan fingerprint density at radius 1 is 1.14 bits per heavy atom.